The summed E-state index contributed by atoms with van der Waals surface area (Å²) >= 11 is 0. The predicted octanol–water partition coefficient (Wildman–Crippen LogP) is 4.46. The highest BCUT2D eigenvalue weighted by atomic mass is 19.1. The summed E-state index contributed by atoms with van der Waals surface area (Å²) in [6.45, 7) is 5.90. The third-order valence-corrected chi connectivity index (χ3v) is 12.9. The molecule has 5 aliphatic heterocycles. The molecule has 0 saturated carbocycles. The number of hydrogen-bond acceptors (Lipinski definition) is 10. The highest BCUT2D eigenvalue weighted by Gasteiger charge is 2.57. The van der Waals surface area contributed by atoms with Gasteiger partial charge in [-0.2, -0.15) is 10.2 Å². The van der Waals surface area contributed by atoms with E-state index in [0.717, 1.165) is 35.7 Å². The summed E-state index contributed by atoms with van der Waals surface area (Å²) in [5.74, 6) is 0.228. The smallest absolute Gasteiger partial charge is 0.234 e. The summed E-state index contributed by atoms with van der Waals surface area (Å²) in [6, 6.07) is 23.0. The molecule has 5 saturated heterocycles. The van der Waals surface area contributed by atoms with Crippen LogP contribution in [-0.2, 0) is 19.8 Å². The van der Waals surface area contributed by atoms with Crippen LogP contribution in [-0.4, -0.2) is 112 Å². The third-order valence-electron chi connectivity index (χ3n) is 12.9. The van der Waals surface area contributed by atoms with Crippen LogP contribution in [0.4, 0.5) is 15.9 Å². The van der Waals surface area contributed by atoms with Crippen molar-refractivity contribution >= 4 is 29.2 Å². The fourth-order valence-corrected chi connectivity index (χ4v) is 9.80. The molecule has 0 radical (unpaired) electrons. The molecule has 0 unspecified atom stereocenters. The molecule has 2 aromatic carbocycles. The Morgan fingerprint density at radius 2 is 1.57 bits per heavy atom. The number of alkyl halides is 1. The molecule has 1 spiro atoms. The number of likely N-dealkylation sites (tertiary alicyclic amines) is 2. The van der Waals surface area contributed by atoms with E-state index in [4.69, 9.17) is 0 Å². The molecule has 2 aromatic heterocycles. The molecule has 56 heavy (non-hydrogen) atoms. The lowest BCUT2D eigenvalue weighted by atomic mass is 9.67. The summed E-state index contributed by atoms with van der Waals surface area (Å²) in [6.07, 6.45) is 6.43. The Bertz CT molecular complexity index is 2100. The number of rotatable bonds is 8. The van der Waals surface area contributed by atoms with Gasteiger partial charge in [0.2, 0.25) is 17.7 Å². The second-order valence-corrected chi connectivity index (χ2v) is 16.6. The fraction of sp³-hybridized carbons (Fsp3) is 0.442. The van der Waals surface area contributed by atoms with E-state index in [2.05, 4.69) is 47.3 Å². The maximum Gasteiger partial charge on any atom is 0.234 e. The first-order valence-electron chi connectivity index (χ1n) is 19.8. The van der Waals surface area contributed by atoms with Gasteiger partial charge in [-0.15, -0.1) is 0 Å². The van der Waals surface area contributed by atoms with E-state index in [1.165, 1.54) is 0 Å². The number of aromatic nitrogens is 3. The number of hydrogen-bond donors (Lipinski definition) is 2. The molecule has 0 bridgehead atoms. The first-order valence-corrected chi connectivity index (χ1v) is 19.8. The Hall–Kier alpha value is -5.43. The lowest BCUT2D eigenvalue weighted by molar-refractivity contribution is -0.169. The number of nitrogens with one attached hydrogen (secondary N) is 1. The van der Waals surface area contributed by atoms with Gasteiger partial charge >= 0.3 is 0 Å². The van der Waals surface area contributed by atoms with Crippen molar-refractivity contribution < 1.29 is 23.9 Å². The minimum atomic E-state index is -1.28. The van der Waals surface area contributed by atoms with Crippen molar-refractivity contribution in [1.29, 1.82) is 0 Å². The van der Waals surface area contributed by atoms with Crippen molar-refractivity contribution in [2.45, 2.75) is 55.5 Å². The molecule has 12 nitrogen and oxygen atoms in total. The van der Waals surface area contributed by atoms with Gasteiger partial charge in [-0.1, -0.05) is 48.5 Å². The van der Waals surface area contributed by atoms with Crippen LogP contribution in [0.25, 0.3) is 11.3 Å². The number of amides is 3. The average Bonchev–Trinajstić information content (AvgIpc) is 3.19. The number of imide groups is 1. The van der Waals surface area contributed by atoms with Crippen LogP contribution < -0.4 is 15.1 Å². The Kier molecular flexibility index (Phi) is 9.22. The molecule has 5 fully saturated rings. The molecular weight excluding hydrogens is 712 g/mol. The molecule has 9 rings (SSSR count). The number of halogens is 1. The number of carbonyl (C=O) groups is 3. The molecule has 13 heteroatoms. The average molecular weight is 759 g/mol. The summed E-state index contributed by atoms with van der Waals surface area (Å²) < 4.78 is 16.2. The number of aromatic hydroxyl groups is 1. The number of para-hydroxylation sites is 1. The van der Waals surface area contributed by atoms with Crippen molar-refractivity contribution in [2.24, 2.45) is 5.41 Å². The fourth-order valence-electron chi connectivity index (χ4n) is 9.80. The summed E-state index contributed by atoms with van der Waals surface area (Å²) in [4.78, 5) is 51.5. The Labute approximate surface area is 325 Å². The largest absolute Gasteiger partial charge is 0.507 e. The van der Waals surface area contributed by atoms with Crippen LogP contribution in [0.1, 0.15) is 55.6 Å². The zero-order chi connectivity index (χ0) is 38.5. The molecule has 0 aliphatic carbocycles. The molecule has 5 aliphatic rings. The standard InChI is InChI=1S/C43H47FN8O4/c44-42(14-18-51(19-15-42)37-12-10-30(23-45-37)33-11-13-38(54)47-39(33)55)29-49-25-41(26-49)27-52(28-41)40(56)43(31-6-2-1-3-7-31)16-20-50(21-17-43)32-22-35(48-46-24-32)34-8-4-5-9-36(34)53/h1-10,12,22-24,33,53H,11,13-21,25-29H2,(H,47,54,55)/t33-/m1/s1. The number of carbonyl (C=O) groups excluding carboxylic acids is 3. The third kappa shape index (κ3) is 6.75. The first kappa shape index (κ1) is 36.2. The maximum absolute atomic E-state index is 16.2. The number of nitrogens with zero attached hydrogens (tertiary/aromatic N) is 7. The van der Waals surface area contributed by atoms with Gasteiger partial charge in [0, 0.05) is 95.3 Å². The normalized spacial score (nSPS) is 22.9. The topological polar surface area (TPSA) is 135 Å². The zero-order valence-corrected chi connectivity index (χ0v) is 31.4. The monoisotopic (exact) mass is 758 g/mol. The van der Waals surface area contributed by atoms with Crippen LogP contribution in [0.5, 0.6) is 5.75 Å². The molecular formula is C43H47FN8O4. The zero-order valence-electron chi connectivity index (χ0n) is 31.4. The molecule has 1 atom stereocenters. The Morgan fingerprint density at radius 1 is 0.857 bits per heavy atom. The molecule has 4 aromatic rings. The SMILES string of the molecule is O=C1CC[C@H](c2ccc(N3CCC(F)(CN4CC5(C4)CN(C(=O)C4(c6ccccc6)CCN(c6cnnc(-c7ccccc7O)c6)CC4)C5)CC3)nc2)C(=O)N1. The van der Waals surface area contributed by atoms with Gasteiger partial charge in [-0.25, -0.2) is 9.37 Å². The number of pyridine rings is 1. The summed E-state index contributed by atoms with van der Waals surface area (Å²) in [5, 5.41) is 21.3. The molecule has 3 amide bonds. The van der Waals surface area contributed by atoms with Gasteiger partial charge in [-0.3, -0.25) is 24.6 Å². The van der Waals surface area contributed by atoms with Crippen molar-refractivity contribution in [2.75, 3.05) is 68.7 Å². The second kappa shape index (κ2) is 14.3. The van der Waals surface area contributed by atoms with E-state index in [9.17, 15) is 19.5 Å². The van der Waals surface area contributed by atoms with Crippen molar-refractivity contribution in [3.05, 3.63) is 96.3 Å². The van der Waals surface area contributed by atoms with E-state index in [0.29, 0.717) is 95.6 Å². The van der Waals surface area contributed by atoms with Crippen molar-refractivity contribution in [3.63, 3.8) is 0 Å². The number of phenolic OH excluding ortho intramolecular Hbond substituents is 1. The number of anilines is 2. The lowest BCUT2D eigenvalue weighted by Crippen LogP contribution is -2.75. The maximum atomic E-state index is 16.2. The highest BCUT2D eigenvalue weighted by molar-refractivity contribution is 6.00. The first-order chi connectivity index (χ1) is 27.1. The van der Waals surface area contributed by atoms with Crippen LogP contribution in [0.15, 0.2) is 85.2 Å². The molecule has 7 heterocycles. The predicted molar refractivity (Wildman–Crippen MR) is 209 cm³/mol. The lowest BCUT2D eigenvalue weighted by Gasteiger charge is -2.62. The number of piperidine rings is 3. The van der Waals surface area contributed by atoms with E-state index in [1.54, 1.807) is 24.5 Å². The van der Waals surface area contributed by atoms with E-state index < -0.39 is 11.1 Å². The van der Waals surface area contributed by atoms with Crippen LogP contribution in [0.3, 0.4) is 0 Å². The van der Waals surface area contributed by atoms with Crippen LogP contribution >= 0.6 is 0 Å². The number of benzene rings is 2. The quantitative estimate of drug-likeness (QED) is 0.248. The van der Waals surface area contributed by atoms with Gasteiger partial charge in [-0.05, 0) is 54.7 Å². The van der Waals surface area contributed by atoms with Gasteiger partial charge in [0.25, 0.3) is 0 Å². The Balaban J connectivity index is 0.781. The second-order valence-electron chi connectivity index (χ2n) is 16.6. The Morgan fingerprint density at radius 3 is 2.27 bits per heavy atom. The van der Waals surface area contributed by atoms with Gasteiger partial charge in [0.15, 0.2) is 0 Å². The minimum absolute atomic E-state index is 0.0294. The van der Waals surface area contributed by atoms with Gasteiger partial charge < -0.3 is 19.8 Å². The highest BCUT2D eigenvalue weighted by Crippen LogP contribution is 2.46. The number of phenols is 1. The molecule has 290 valence electrons. The van der Waals surface area contributed by atoms with Crippen LogP contribution in [0.2, 0.25) is 0 Å². The van der Waals surface area contributed by atoms with E-state index >= 15 is 4.39 Å². The van der Waals surface area contributed by atoms with Crippen molar-refractivity contribution in [3.8, 4) is 17.0 Å². The molecule has 2 N–H and O–H groups in total. The van der Waals surface area contributed by atoms with Gasteiger partial charge in [0.05, 0.1) is 28.9 Å². The van der Waals surface area contributed by atoms with Gasteiger partial charge in [0.1, 0.15) is 17.2 Å². The minimum Gasteiger partial charge on any atom is -0.507 e. The summed E-state index contributed by atoms with van der Waals surface area (Å²) in [5.41, 5.74) is 2.12. The summed E-state index contributed by atoms with van der Waals surface area (Å²) in [7, 11) is 0. The van der Waals surface area contributed by atoms with E-state index in [-0.39, 0.29) is 34.8 Å². The van der Waals surface area contributed by atoms with Crippen molar-refractivity contribution in [1.82, 2.24) is 30.3 Å². The van der Waals surface area contributed by atoms with Crippen LogP contribution in [0, 0.1) is 5.41 Å². The van der Waals surface area contributed by atoms with E-state index in [1.807, 2.05) is 53.4 Å².